The Labute approximate surface area is 302 Å². The number of hydrogen-bond donors (Lipinski definition) is 0. The quantitative estimate of drug-likeness (QED) is 0.175. The van der Waals surface area contributed by atoms with Crippen LogP contribution in [-0.4, -0.2) is 0 Å². The van der Waals surface area contributed by atoms with E-state index in [9.17, 15) is 0 Å². The lowest BCUT2D eigenvalue weighted by Crippen LogP contribution is -1.91. The molecular formula is C50H28O3. The van der Waals surface area contributed by atoms with Gasteiger partial charge < -0.3 is 13.3 Å². The number of benzene rings is 9. The van der Waals surface area contributed by atoms with Crippen molar-refractivity contribution in [3.63, 3.8) is 0 Å². The monoisotopic (exact) mass is 676 g/mol. The van der Waals surface area contributed by atoms with Gasteiger partial charge in [0.1, 0.15) is 33.7 Å². The maximum absolute atomic E-state index is 6.81. The zero-order valence-electron chi connectivity index (χ0n) is 28.4. The molecule has 0 spiro atoms. The average Bonchev–Trinajstić information content (AvgIpc) is 3.93. The minimum absolute atomic E-state index is 0.815. The van der Waals surface area contributed by atoms with Gasteiger partial charge in [-0.3, -0.25) is 0 Å². The van der Waals surface area contributed by atoms with Crippen LogP contribution in [0, 0.1) is 0 Å². The predicted octanol–water partition coefficient (Wildman–Crippen LogP) is 14.7. The van der Waals surface area contributed by atoms with Crippen LogP contribution in [0.2, 0.25) is 0 Å². The molecule has 3 heterocycles. The highest BCUT2D eigenvalue weighted by Crippen LogP contribution is 2.48. The molecule has 12 rings (SSSR count). The van der Waals surface area contributed by atoms with E-state index < -0.39 is 0 Å². The summed E-state index contributed by atoms with van der Waals surface area (Å²) in [5.74, 6) is 0.849. The fourth-order valence-corrected chi connectivity index (χ4v) is 8.76. The number of fused-ring (bicyclic) bond motifs is 12. The molecule has 0 radical (unpaired) electrons. The molecule has 0 aliphatic rings. The summed E-state index contributed by atoms with van der Waals surface area (Å²) >= 11 is 0. The van der Waals surface area contributed by atoms with E-state index in [0.717, 1.165) is 77.3 Å². The zero-order valence-corrected chi connectivity index (χ0v) is 28.4. The van der Waals surface area contributed by atoms with Crippen molar-refractivity contribution in [1.29, 1.82) is 0 Å². The first kappa shape index (κ1) is 28.6. The molecule has 3 nitrogen and oxygen atoms in total. The summed E-state index contributed by atoms with van der Waals surface area (Å²) in [5, 5.41) is 12.5. The van der Waals surface area contributed by atoms with Gasteiger partial charge in [-0.25, -0.2) is 0 Å². The lowest BCUT2D eigenvalue weighted by molar-refractivity contribution is 0.633. The van der Waals surface area contributed by atoms with Crippen molar-refractivity contribution in [3.8, 4) is 33.6 Å². The van der Waals surface area contributed by atoms with Gasteiger partial charge in [0.2, 0.25) is 0 Å². The summed E-state index contributed by atoms with van der Waals surface area (Å²) in [6.45, 7) is 0. The van der Waals surface area contributed by atoms with Crippen LogP contribution in [0.25, 0.3) is 121 Å². The highest BCUT2D eigenvalue weighted by molar-refractivity contribution is 6.26. The van der Waals surface area contributed by atoms with Crippen molar-refractivity contribution in [2.24, 2.45) is 0 Å². The third kappa shape index (κ3) is 4.05. The third-order valence-electron chi connectivity index (χ3n) is 11.1. The Hall–Kier alpha value is -7.10. The zero-order chi connectivity index (χ0) is 34.6. The molecule has 0 saturated carbocycles. The van der Waals surface area contributed by atoms with Crippen LogP contribution in [-0.2, 0) is 0 Å². The normalized spacial score (nSPS) is 12.2. The smallest absolute Gasteiger partial charge is 0.146 e. The van der Waals surface area contributed by atoms with Gasteiger partial charge in [-0.15, -0.1) is 0 Å². The number of para-hydroxylation sites is 2. The van der Waals surface area contributed by atoms with Gasteiger partial charge in [0, 0.05) is 38.2 Å². The van der Waals surface area contributed by atoms with E-state index in [1.807, 2.05) is 30.3 Å². The van der Waals surface area contributed by atoms with Crippen LogP contribution in [0.4, 0.5) is 0 Å². The molecular weight excluding hydrogens is 649 g/mol. The van der Waals surface area contributed by atoms with Crippen LogP contribution in [0.5, 0.6) is 0 Å². The molecule has 0 fully saturated rings. The van der Waals surface area contributed by atoms with Crippen LogP contribution in [0.1, 0.15) is 0 Å². The third-order valence-corrected chi connectivity index (χ3v) is 11.1. The van der Waals surface area contributed by atoms with Gasteiger partial charge in [-0.1, -0.05) is 133 Å². The second-order valence-electron chi connectivity index (χ2n) is 13.9. The van der Waals surface area contributed by atoms with Gasteiger partial charge in [0.25, 0.3) is 0 Å². The number of furan rings is 3. The molecule has 246 valence electrons. The molecule has 53 heavy (non-hydrogen) atoms. The van der Waals surface area contributed by atoms with Gasteiger partial charge in [-0.2, -0.15) is 0 Å². The fraction of sp³-hybridized carbons (Fsp3) is 0. The minimum Gasteiger partial charge on any atom is -0.456 e. The molecule has 0 unspecified atom stereocenters. The van der Waals surface area contributed by atoms with Crippen molar-refractivity contribution in [3.05, 3.63) is 170 Å². The van der Waals surface area contributed by atoms with Gasteiger partial charge >= 0.3 is 0 Å². The number of rotatable bonds is 3. The van der Waals surface area contributed by atoms with E-state index in [2.05, 4.69) is 140 Å². The van der Waals surface area contributed by atoms with Crippen molar-refractivity contribution < 1.29 is 13.3 Å². The second-order valence-corrected chi connectivity index (χ2v) is 13.9. The highest BCUT2D eigenvalue weighted by atomic mass is 16.3. The maximum Gasteiger partial charge on any atom is 0.146 e. The van der Waals surface area contributed by atoms with Gasteiger partial charge in [-0.05, 0) is 79.8 Å². The van der Waals surface area contributed by atoms with E-state index in [0.29, 0.717) is 0 Å². The van der Waals surface area contributed by atoms with Gasteiger partial charge in [0.05, 0.1) is 5.39 Å². The summed E-state index contributed by atoms with van der Waals surface area (Å²) in [7, 11) is 0. The first-order valence-electron chi connectivity index (χ1n) is 18.0. The Kier molecular flexibility index (Phi) is 5.77. The summed E-state index contributed by atoms with van der Waals surface area (Å²) in [6.07, 6.45) is 0. The van der Waals surface area contributed by atoms with Crippen molar-refractivity contribution >= 4 is 87.2 Å². The van der Waals surface area contributed by atoms with Crippen LogP contribution < -0.4 is 0 Å². The first-order chi connectivity index (χ1) is 26.3. The summed E-state index contributed by atoms with van der Waals surface area (Å²) in [6, 6.07) is 60.1. The number of hydrogen-bond acceptors (Lipinski definition) is 3. The van der Waals surface area contributed by atoms with Crippen molar-refractivity contribution in [1.82, 2.24) is 0 Å². The van der Waals surface area contributed by atoms with Gasteiger partial charge in [0.15, 0.2) is 0 Å². The van der Waals surface area contributed by atoms with E-state index in [4.69, 9.17) is 13.3 Å². The predicted molar refractivity (Wildman–Crippen MR) is 220 cm³/mol. The standard InChI is InChI=1S/C50H28O3/c1-2-11-29(12-3-1)44-28-32-23-26-43-48(49(32)53-44)40-19-10-18-39(50(40)52-43)46-36-15-6-4-13-34(36)45(35-14-5-7-16-37(35)46)31-21-24-33-30(27-31)22-25-42-47(33)38-17-8-9-20-41(38)51-42/h1-28H. The summed E-state index contributed by atoms with van der Waals surface area (Å²) in [5.41, 5.74) is 10.0. The fourth-order valence-electron chi connectivity index (χ4n) is 8.76. The Morgan fingerprint density at radius 3 is 1.72 bits per heavy atom. The Bertz CT molecular complexity index is 3390. The lowest BCUT2D eigenvalue weighted by atomic mass is 9.85. The molecule has 0 bridgehead atoms. The molecule has 0 atom stereocenters. The average molecular weight is 677 g/mol. The molecule has 12 aromatic rings. The molecule has 3 heteroatoms. The largest absolute Gasteiger partial charge is 0.456 e. The molecule has 0 aliphatic heterocycles. The van der Waals surface area contributed by atoms with E-state index in [1.165, 1.54) is 43.4 Å². The summed E-state index contributed by atoms with van der Waals surface area (Å²) < 4.78 is 19.6. The van der Waals surface area contributed by atoms with Crippen molar-refractivity contribution in [2.45, 2.75) is 0 Å². The molecule has 9 aromatic carbocycles. The first-order valence-corrected chi connectivity index (χ1v) is 18.0. The maximum atomic E-state index is 6.81. The topological polar surface area (TPSA) is 39.4 Å². The molecule has 0 saturated heterocycles. The summed E-state index contributed by atoms with van der Waals surface area (Å²) in [4.78, 5) is 0. The highest BCUT2D eigenvalue weighted by Gasteiger charge is 2.22. The van der Waals surface area contributed by atoms with E-state index in [-0.39, 0.29) is 0 Å². The van der Waals surface area contributed by atoms with Crippen LogP contribution in [0.3, 0.4) is 0 Å². The van der Waals surface area contributed by atoms with Crippen LogP contribution >= 0.6 is 0 Å². The minimum atomic E-state index is 0.815. The second kappa shape index (κ2) is 10.7. The van der Waals surface area contributed by atoms with E-state index >= 15 is 0 Å². The SMILES string of the molecule is c1ccc(-c2cc3ccc4oc5c(-c6c7ccccc7c(-c7ccc8c(ccc9oc%10ccccc%10c98)c7)c7ccccc67)cccc5c4c3o2)cc1. The molecule has 0 aliphatic carbocycles. The Morgan fingerprint density at radius 2 is 0.943 bits per heavy atom. The molecule has 3 aromatic heterocycles. The Morgan fingerprint density at radius 1 is 0.302 bits per heavy atom. The molecule has 0 N–H and O–H groups in total. The van der Waals surface area contributed by atoms with Crippen LogP contribution in [0.15, 0.2) is 183 Å². The molecule has 0 amide bonds. The van der Waals surface area contributed by atoms with Crippen molar-refractivity contribution in [2.75, 3.05) is 0 Å². The lowest BCUT2D eigenvalue weighted by Gasteiger charge is -2.18. The Balaban J connectivity index is 1.11. The van der Waals surface area contributed by atoms with E-state index in [1.54, 1.807) is 0 Å².